The monoisotopic (exact) mass is 274 g/mol. The number of hydrogen-bond donors (Lipinski definition) is 0. The van der Waals surface area contributed by atoms with Crippen LogP contribution in [-0.2, 0) is 6.54 Å². The van der Waals surface area contributed by atoms with E-state index in [0.29, 0.717) is 6.54 Å². The highest BCUT2D eigenvalue weighted by Crippen LogP contribution is 2.12. The molecule has 2 rings (SSSR count). The summed E-state index contributed by atoms with van der Waals surface area (Å²) in [5, 5.41) is 2.01. The lowest BCUT2D eigenvalue weighted by molar-refractivity contribution is 0.0861. The fourth-order valence-corrected chi connectivity index (χ4v) is 2.42. The Morgan fingerprint density at radius 2 is 2.05 bits per heavy atom. The molecule has 0 saturated carbocycles. The smallest absolute Gasteiger partial charge is 0.179 e. The van der Waals surface area contributed by atoms with Crippen LogP contribution in [-0.4, -0.2) is 28.8 Å². The Morgan fingerprint density at radius 1 is 1.37 bits per heavy atom. The molecule has 19 heavy (non-hydrogen) atoms. The van der Waals surface area contributed by atoms with E-state index in [9.17, 15) is 4.79 Å². The van der Waals surface area contributed by atoms with Gasteiger partial charge in [-0.05, 0) is 20.9 Å². The maximum absolute atomic E-state index is 12.4. The molecule has 1 atom stereocenters. The van der Waals surface area contributed by atoms with Crippen molar-refractivity contribution < 1.29 is 4.79 Å². The second kappa shape index (κ2) is 6.08. The van der Waals surface area contributed by atoms with E-state index in [0.717, 1.165) is 11.3 Å². The van der Waals surface area contributed by atoms with Gasteiger partial charge in [-0.25, -0.2) is 4.98 Å². The molecule has 0 bridgehead atoms. The van der Waals surface area contributed by atoms with E-state index in [1.165, 1.54) is 5.56 Å². The number of Topliss-reactive ketones (excluding diaryl/α,β-unsaturated/α-hetero) is 1. The first-order valence-corrected chi connectivity index (χ1v) is 7.20. The van der Waals surface area contributed by atoms with Crippen LogP contribution in [0.3, 0.4) is 0 Å². The number of carbonyl (C=O) groups excluding carboxylic acids is 1. The predicted octanol–water partition coefficient (Wildman–Crippen LogP) is 3.15. The SMILES string of the molecule is Cc1ccc(C(=O)C(C)N(C)Cc2cscn2)cc1. The molecule has 0 aliphatic rings. The molecule has 1 unspecified atom stereocenters. The van der Waals surface area contributed by atoms with Crippen LogP contribution in [0.5, 0.6) is 0 Å². The number of likely N-dealkylation sites (N-methyl/N-ethyl adjacent to an activating group) is 1. The van der Waals surface area contributed by atoms with E-state index >= 15 is 0 Å². The summed E-state index contributed by atoms with van der Waals surface area (Å²) in [7, 11) is 1.95. The average Bonchev–Trinajstić information content (AvgIpc) is 2.90. The van der Waals surface area contributed by atoms with Crippen LogP contribution in [0.4, 0.5) is 0 Å². The van der Waals surface area contributed by atoms with Crippen molar-refractivity contribution in [2.45, 2.75) is 26.4 Å². The lowest BCUT2D eigenvalue weighted by atomic mass is 10.0. The van der Waals surface area contributed by atoms with Gasteiger partial charge in [0.25, 0.3) is 0 Å². The summed E-state index contributed by atoms with van der Waals surface area (Å²) in [4.78, 5) is 18.6. The third kappa shape index (κ3) is 3.49. The third-order valence-corrected chi connectivity index (χ3v) is 3.91. The molecule has 0 radical (unpaired) electrons. The third-order valence-electron chi connectivity index (χ3n) is 3.27. The molecule has 4 heteroatoms. The Balaban J connectivity index is 2.04. The number of aromatic nitrogens is 1. The second-order valence-corrected chi connectivity index (χ2v) is 5.52. The van der Waals surface area contributed by atoms with Gasteiger partial charge in [0.15, 0.2) is 5.78 Å². The van der Waals surface area contributed by atoms with Crippen LogP contribution in [0.1, 0.15) is 28.5 Å². The number of thiazole rings is 1. The zero-order chi connectivity index (χ0) is 13.8. The molecule has 1 heterocycles. The highest BCUT2D eigenvalue weighted by atomic mass is 32.1. The van der Waals surface area contributed by atoms with E-state index in [1.54, 1.807) is 11.3 Å². The van der Waals surface area contributed by atoms with Gasteiger partial charge in [-0.3, -0.25) is 9.69 Å². The van der Waals surface area contributed by atoms with Crippen molar-refractivity contribution in [2.24, 2.45) is 0 Å². The van der Waals surface area contributed by atoms with E-state index in [2.05, 4.69) is 4.98 Å². The molecular weight excluding hydrogens is 256 g/mol. The van der Waals surface area contributed by atoms with Gasteiger partial charge in [-0.2, -0.15) is 0 Å². The van der Waals surface area contributed by atoms with Gasteiger partial charge in [0.1, 0.15) is 0 Å². The van der Waals surface area contributed by atoms with Crippen LogP contribution in [0, 0.1) is 6.92 Å². The van der Waals surface area contributed by atoms with Gasteiger partial charge < -0.3 is 0 Å². The minimum absolute atomic E-state index is 0.149. The van der Waals surface area contributed by atoms with Crippen molar-refractivity contribution in [1.82, 2.24) is 9.88 Å². The fraction of sp³-hybridized carbons (Fsp3) is 0.333. The summed E-state index contributed by atoms with van der Waals surface area (Å²) in [5.74, 6) is 0.151. The lowest BCUT2D eigenvalue weighted by Gasteiger charge is -2.22. The first kappa shape index (κ1) is 13.9. The van der Waals surface area contributed by atoms with Gasteiger partial charge >= 0.3 is 0 Å². The molecule has 0 N–H and O–H groups in total. The predicted molar refractivity (Wildman–Crippen MR) is 78.6 cm³/mol. The summed E-state index contributed by atoms with van der Waals surface area (Å²) in [6.45, 7) is 4.66. The van der Waals surface area contributed by atoms with Crippen LogP contribution in [0.25, 0.3) is 0 Å². The molecule has 0 aliphatic heterocycles. The fourth-order valence-electron chi connectivity index (χ4n) is 1.87. The Morgan fingerprint density at radius 3 is 2.63 bits per heavy atom. The molecule has 0 spiro atoms. The van der Waals surface area contributed by atoms with Crippen molar-refractivity contribution in [1.29, 1.82) is 0 Å². The highest BCUT2D eigenvalue weighted by Gasteiger charge is 2.19. The maximum Gasteiger partial charge on any atom is 0.179 e. The van der Waals surface area contributed by atoms with Gasteiger partial charge in [0, 0.05) is 17.5 Å². The quantitative estimate of drug-likeness (QED) is 0.785. The number of nitrogens with zero attached hydrogens (tertiary/aromatic N) is 2. The molecule has 1 aromatic carbocycles. The molecule has 0 saturated heterocycles. The summed E-state index contributed by atoms with van der Waals surface area (Å²) in [5.41, 5.74) is 4.76. The number of carbonyl (C=O) groups is 1. The Hall–Kier alpha value is -1.52. The van der Waals surface area contributed by atoms with Crippen molar-refractivity contribution in [2.75, 3.05) is 7.05 Å². The summed E-state index contributed by atoms with van der Waals surface area (Å²) in [6, 6.07) is 7.58. The minimum atomic E-state index is -0.149. The molecule has 100 valence electrons. The number of aryl methyl sites for hydroxylation is 1. The lowest BCUT2D eigenvalue weighted by Crippen LogP contribution is -2.35. The first-order chi connectivity index (χ1) is 9.08. The van der Waals surface area contributed by atoms with Crippen LogP contribution < -0.4 is 0 Å². The Labute approximate surface area is 117 Å². The van der Waals surface area contributed by atoms with Gasteiger partial charge in [0.05, 0.1) is 17.2 Å². The summed E-state index contributed by atoms with van der Waals surface area (Å²) < 4.78 is 0. The standard InChI is InChI=1S/C15H18N2OS/c1-11-4-6-13(7-5-11)15(18)12(2)17(3)8-14-9-19-10-16-14/h4-7,9-10,12H,8H2,1-3H3. The zero-order valence-electron chi connectivity index (χ0n) is 11.5. The van der Waals surface area contributed by atoms with Crippen molar-refractivity contribution >= 4 is 17.1 Å². The molecule has 3 nitrogen and oxygen atoms in total. The molecule has 1 aromatic heterocycles. The molecule has 0 amide bonds. The van der Waals surface area contributed by atoms with Gasteiger partial charge in [-0.15, -0.1) is 11.3 Å². The van der Waals surface area contributed by atoms with Crippen LogP contribution >= 0.6 is 11.3 Å². The number of hydrogen-bond acceptors (Lipinski definition) is 4. The van der Waals surface area contributed by atoms with Crippen LogP contribution in [0.2, 0.25) is 0 Å². The van der Waals surface area contributed by atoms with E-state index in [-0.39, 0.29) is 11.8 Å². The van der Waals surface area contributed by atoms with Crippen molar-refractivity contribution in [3.05, 3.63) is 52.0 Å². The maximum atomic E-state index is 12.4. The van der Waals surface area contributed by atoms with Gasteiger partial charge in [-0.1, -0.05) is 29.8 Å². The normalized spacial score (nSPS) is 12.6. The second-order valence-electron chi connectivity index (χ2n) is 4.80. The number of benzene rings is 1. The van der Waals surface area contributed by atoms with Crippen LogP contribution in [0.15, 0.2) is 35.2 Å². The van der Waals surface area contributed by atoms with E-state index in [4.69, 9.17) is 0 Å². The molecule has 2 aromatic rings. The summed E-state index contributed by atoms with van der Waals surface area (Å²) >= 11 is 1.58. The molecular formula is C15H18N2OS. The number of rotatable bonds is 5. The topological polar surface area (TPSA) is 33.2 Å². The van der Waals surface area contributed by atoms with Crippen molar-refractivity contribution in [3.8, 4) is 0 Å². The minimum Gasteiger partial charge on any atom is -0.292 e. The summed E-state index contributed by atoms with van der Waals surface area (Å²) in [6.07, 6.45) is 0. The first-order valence-electron chi connectivity index (χ1n) is 6.26. The van der Waals surface area contributed by atoms with Crippen molar-refractivity contribution in [3.63, 3.8) is 0 Å². The number of ketones is 1. The van der Waals surface area contributed by atoms with Gasteiger partial charge in [0.2, 0.25) is 0 Å². The van der Waals surface area contributed by atoms with E-state index in [1.807, 2.05) is 61.0 Å². The highest BCUT2D eigenvalue weighted by molar-refractivity contribution is 7.07. The largest absolute Gasteiger partial charge is 0.292 e. The van der Waals surface area contributed by atoms with E-state index < -0.39 is 0 Å². The zero-order valence-corrected chi connectivity index (χ0v) is 12.3. The Kier molecular flexibility index (Phi) is 4.45. The molecule has 0 aliphatic carbocycles. The molecule has 0 fully saturated rings. The average molecular weight is 274 g/mol. The Bertz CT molecular complexity index is 534.